The summed E-state index contributed by atoms with van der Waals surface area (Å²) < 4.78 is 4.80. The van der Waals surface area contributed by atoms with Gasteiger partial charge in [-0.2, -0.15) is 0 Å². The number of alkyl halides is 1. The number of carbonyl (C=O) groups excluding carboxylic acids is 1. The highest BCUT2D eigenvalue weighted by molar-refractivity contribution is 6.20. The maximum Gasteiger partial charge on any atom is 0.332 e. The molecule has 0 heterocycles. The molecule has 0 saturated heterocycles. The van der Waals surface area contributed by atoms with E-state index in [1.54, 1.807) is 6.92 Å². The van der Waals surface area contributed by atoms with E-state index in [1.165, 1.54) is 6.08 Å². The standard InChI is InChI=1S/C12H14ClNO2/c1-2-16-12(15)8-11(9-13)14-10-6-4-3-5-7-10/h3-8,14H,2,9H2,1H3. The average Bonchev–Trinajstić information content (AvgIpc) is 2.30. The summed E-state index contributed by atoms with van der Waals surface area (Å²) in [6.07, 6.45) is 1.36. The molecule has 0 radical (unpaired) electrons. The average molecular weight is 240 g/mol. The highest BCUT2D eigenvalue weighted by Gasteiger charge is 2.01. The number of halogens is 1. The molecular weight excluding hydrogens is 226 g/mol. The van der Waals surface area contributed by atoms with Gasteiger partial charge in [0, 0.05) is 17.5 Å². The third-order valence-corrected chi connectivity index (χ3v) is 2.09. The Bertz CT molecular complexity index is 363. The minimum atomic E-state index is -0.387. The van der Waals surface area contributed by atoms with Crippen LogP contribution in [-0.2, 0) is 9.53 Å². The van der Waals surface area contributed by atoms with Gasteiger partial charge < -0.3 is 10.1 Å². The lowest BCUT2D eigenvalue weighted by atomic mass is 10.3. The van der Waals surface area contributed by atoms with Crippen molar-refractivity contribution in [3.63, 3.8) is 0 Å². The fraction of sp³-hybridized carbons (Fsp3) is 0.250. The van der Waals surface area contributed by atoms with E-state index in [2.05, 4.69) is 5.32 Å². The van der Waals surface area contributed by atoms with Gasteiger partial charge in [0.05, 0.1) is 12.5 Å². The number of hydrogen-bond acceptors (Lipinski definition) is 3. The zero-order valence-corrected chi connectivity index (χ0v) is 9.83. The third kappa shape index (κ3) is 4.36. The summed E-state index contributed by atoms with van der Waals surface area (Å²) in [5.41, 5.74) is 1.50. The van der Waals surface area contributed by atoms with Crippen molar-refractivity contribution in [2.45, 2.75) is 6.92 Å². The summed E-state index contributed by atoms with van der Waals surface area (Å²) in [7, 11) is 0. The SMILES string of the molecule is CCOC(=O)C=C(CCl)Nc1ccccc1. The molecule has 0 aliphatic carbocycles. The molecule has 1 aromatic carbocycles. The van der Waals surface area contributed by atoms with Gasteiger partial charge in [0.2, 0.25) is 0 Å². The van der Waals surface area contributed by atoms with E-state index in [9.17, 15) is 4.79 Å². The highest BCUT2D eigenvalue weighted by atomic mass is 35.5. The number of esters is 1. The molecule has 0 aliphatic rings. The van der Waals surface area contributed by atoms with Gasteiger partial charge in [0.15, 0.2) is 0 Å². The molecule has 1 N–H and O–H groups in total. The molecule has 0 unspecified atom stereocenters. The summed E-state index contributed by atoms with van der Waals surface area (Å²) in [4.78, 5) is 11.2. The zero-order valence-electron chi connectivity index (χ0n) is 9.07. The van der Waals surface area contributed by atoms with E-state index >= 15 is 0 Å². The summed E-state index contributed by atoms with van der Waals surface area (Å²) in [6, 6.07) is 9.51. The van der Waals surface area contributed by atoms with Gasteiger partial charge in [-0.1, -0.05) is 18.2 Å². The lowest BCUT2D eigenvalue weighted by molar-refractivity contribution is -0.137. The number of hydrogen-bond donors (Lipinski definition) is 1. The van der Waals surface area contributed by atoms with Gasteiger partial charge in [0.25, 0.3) is 0 Å². The van der Waals surface area contributed by atoms with E-state index in [1.807, 2.05) is 30.3 Å². The van der Waals surface area contributed by atoms with E-state index in [0.29, 0.717) is 12.3 Å². The molecular formula is C12H14ClNO2. The van der Waals surface area contributed by atoms with Crippen molar-refractivity contribution >= 4 is 23.3 Å². The number of anilines is 1. The zero-order chi connectivity index (χ0) is 11.8. The first-order chi connectivity index (χ1) is 7.76. The Kier molecular flexibility index (Phi) is 5.43. The van der Waals surface area contributed by atoms with Crippen molar-refractivity contribution in [3.05, 3.63) is 42.1 Å². The predicted molar refractivity (Wildman–Crippen MR) is 65.5 cm³/mol. The second-order valence-corrected chi connectivity index (χ2v) is 3.31. The fourth-order valence-electron chi connectivity index (χ4n) is 1.14. The smallest absolute Gasteiger partial charge is 0.332 e. The molecule has 0 saturated carbocycles. The number of carbonyl (C=O) groups is 1. The number of para-hydroxylation sites is 1. The van der Waals surface area contributed by atoms with Gasteiger partial charge >= 0.3 is 5.97 Å². The predicted octanol–water partition coefficient (Wildman–Crippen LogP) is 2.78. The highest BCUT2D eigenvalue weighted by Crippen LogP contribution is 2.10. The molecule has 86 valence electrons. The van der Waals surface area contributed by atoms with Crippen LogP contribution in [0, 0.1) is 0 Å². The monoisotopic (exact) mass is 239 g/mol. The lowest BCUT2D eigenvalue weighted by Gasteiger charge is -2.07. The quantitative estimate of drug-likeness (QED) is 0.488. The van der Waals surface area contributed by atoms with Crippen molar-refractivity contribution in [3.8, 4) is 0 Å². The molecule has 0 aromatic heterocycles. The normalized spacial score (nSPS) is 11.0. The van der Waals surface area contributed by atoms with Crippen molar-refractivity contribution in [2.24, 2.45) is 0 Å². The van der Waals surface area contributed by atoms with Crippen LogP contribution in [-0.4, -0.2) is 18.5 Å². The summed E-state index contributed by atoms with van der Waals surface area (Å²) in [5.74, 6) is -0.158. The van der Waals surface area contributed by atoms with Crippen LogP contribution >= 0.6 is 11.6 Å². The van der Waals surface area contributed by atoms with E-state index < -0.39 is 0 Å². The Balaban J connectivity index is 2.65. The van der Waals surface area contributed by atoms with Gasteiger partial charge in [-0.15, -0.1) is 11.6 Å². The largest absolute Gasteiger partial charge is 0.463 e. The second kappa shape index (κ2) is 6.90. The molecule has 0 aliphatic heterocycles. The first-order valence-electron chi connectivity index (χ1n) is 5.01. The number of rotatable bonds is 5. The molecule has 0 amide bonds. The molecule has 1 rings (SSSR count). The molecule has 4 heteroatoms. The minimum Gasteiger partial charge on any atom is -0.463 e. The second-order valence-electron chi connectivity index (χ2n) is 3.05. The van der Waals surface area contributed by atoms with E-state index in [-0.39, 0.29) is 11.8 Å². The van der Waals surface area contributed by atoms with Crippen LogP contribution in [0.25, 0.3) is 0 Å². The van der Waals surface area contributed by atoms with Crippen molar-refractivity contribution in [1.82, 2.24) is 0 Å². The summed E-state index contributed by atoms with van der Waals surface area (Å²) >= 11 is 5.72. The molecule has 0 spiro atoms. The minimum absolute atomic E-state index is 0.230. The van der Waals surface area contributed by atoms with Crippen molar-refractivity contribution in [2.75, 3.05) is 17.8 Å². The molecule has 0 bridgehead atoms. The summed E-state index contributed by atoms with van der Waals surface area (Å²) in [5, 5.41) is 3.05. The van der Waals surface area contributed by atoms with E-state index in [0.717, 1.165) is 5.69 Å². The first kappa shape index (κ1) is 12.6. The molecule has 0 atom stereocenters. The van der Waals surface area contributed by atoms with Crippen molar-refractivity contribution < 1.29 is 9.53 Å². The van der Waals surface area contributed by atoms with Crippen LogP contribution < -0.4 is 5.32 Å². The number of nitrogens with one attached hydrogen (secondary N) is 1. The molecule has 3 nitrogen and oxygen atoms in total. The fourth-order valence-corrected chi connectivity index (χ4v) is 1.29. The Morgan fingerprint density at radius 2 is 2.12 bits per heavy atom. The van der Waals surface area contributed by atoms with E-state index in [4.69, 9.17) is 16.3 Å². The Morgan fingerprint density at radius 3 is 2.69 bits per heavy atom. The van der Waals surface area contributed by atoms with Gasteiger partial charge in [-0.05, 0) is 19.1 Å². The van der Waals surface area contributed by atoms with Crippen LogP contribution in [0.3, 0.4) is 0 Å². The maximum absolute atomic E-state index is 11.2. The van der Waals surface area contributed by atoms with Crippen LogP contribution in [0.1, 0.15) is 6.92 Å². The maximum atomic E-state index is 11.2. The van der Waals surface area contributed by atoms with Crippen molar-refractivity contribution in [1.29, 1.82) is 0 Å². The van der Waals surface area contributed by atoms with Crippen LogP contribution in [0.2, 0.25) is 0 Å². The van der Waals surface area contributed by atoms with Crippen LogP contribution in [0.4, 0.5) is 5.69 Å². The Morgan fingerprint density at radius 1 is 1.44 bits per heavy atom. The van der Waals surface area contributed by atoms with Gasteiger partial charge in [-0.3, -0.25) is 0 Å². The Hall–Kier alpha value is -1.48. The number of ether oxygens (including phenoxy) is 1. The number of benzene rings is 1. The van der Waals surface area contributed by atoms with Crippen LogP contribution in [0.15, 0.2) is 42.1 Å². The summed E-state index contributed by atoms with van der Waals surface area (Å²) in [6.45, 7) is 2.12. The topological polar surface area (TPSA) is 38.3 Å². The van der Waals surface area contributed by atoms with Gasteiger partial charge in [-0.25, -0.2) is 4.79 Å². The van der Waals surface area contributed by atoms with Gasteiger partial charge in [0.1, 0.15) is 0 Å². The molecule has 0 fully saturated rings. The first-order valence-corrected chi connectivity index (χ1v) is 5.55. The Labute approximate surface area is 100 Å². The van der Waals surface area contributed by atoms with Crippen LogP contribution in [0.5, 0.6) is 0 Å². The molecule has 1 aromatic rings. The molecule has 16 heavy (non-hydrogen) atoms. The third-order valence-electron chi connectivity index (χ3n) is 1.80. The number of allylic oxidation sites excluding steroid dienone is 1. The lowest BCUT2D eigenvalue weighted by Crippen LogP contribution is -2.07.